The molecule has 0 N–H and O–H groups in total. The van der Waals surface area contributed by atoms with Gasteiger partial charge in [0.05, 0.1) is 6.61 Å². The fourth-order valence-corrected chi connectivity index (χ4v) is 2.74. The van der Waals surface area contributed by atoms with Crippen LogP contribution in [0, 0.1) is 0 Å². The Morgan fingerprint density at radius 1 is 1.25 bits per heavy atom. The predicted octanol–water partition coefficient (Wildman–Crippen LogP) is 1.93. The van der Waals surface area contributed by atoms with Crippen LogP contribution in [0.25, 0.3) is 0 Å². The van der Waals surface area contributed by atoms with Crippen LogP contribution in [-0.4, -0.2) is 35.3 Å². The number of rotatable bonds is 10. The molecule has 0 aliphatic rings. The van der Waals surface area contributed by atoms with Crippen molar-refractivity contribution in [3.63, 3.8) is 0 Å². The van der Waals surface area contributed by atoms with E-state index < -0.39 is 0 Å². The predicted molar refractivity (Wildman–Crippen MR) is 69.7 cm³/mol. The Morgan fingerprint density at radius 3 is 2.44 bits per heavy atom. The minimum atomic E-state index is -0.266. The lowest BCUT2D eigenvalue weighted by molar-refractivity contribution is -0.138. The van der Waals surface area contributed by atoms with E-state index >= 15 is 0 Å². The third-order valence-electron chi connectivity index (χ3n) is 2.22. The zero-order chi connectivity index (χ0) is 12.2. The molecule has 0 atom stereocenters. The molecule has 0 saturated heterocycles. The lowest BCUT2D eigenvalue weighted by atomic mass is 10.4. The standard InChI is InChI=1S/C12H24O3Si/c1-4-14-7-5-9-16-10-6-8-15-12(13)11(2)3/h2,4-10,16H2,1,3H3. The van der Waals surface area contributed by atoms with Gasteiger partial charge in [0.25, 0.3) is 0 Å². The quantitative estimate of drug-likeness (QED) is 0.255. The van der Waals surface area contributed by atoms with E-state index in [2.05, 4.69) is 6.58 Å². The highest BCUT2D eigenvalue weighted by Crippen LogP contribution is 1.99. The molecule has 0 heterocycles. The molecule has 0 aromatic rings. The van der Waals surface area contributed by atoms with Gasteiger partial charge < -0.3 is 9.47 Å². The first-order valence-corrected chi connectivity index (χ1v) is 8.08. The molecule has 0 amide bonds. The van der Waals surface area contributed by atoms with Gasteiger partial charge in [-0.05, 0) is 26.7 Å². The van der Waals surface area contributed by atoms with Gasteiger partial charge in [-0.2, -0.15) is 0 Å². The topological polar surface area (TPSA) is 35.5 Å². The summed E-state index contributed by atoms with van der Waals surface area (Å²) in [5.74, 6) is -0.266. The van der Waals surface area contributed by atoms with Crippen LogP contribution in [0.15, 0.2) is 12.2 Å². The summed E-state index contributed by atoms with van der Waals surface area (Å²) in [5, 5.41) is 0. The second kappa shape index (κ2) is 10.9. The van der Waals surface area contributed by atoms with Crippen LogP contribution in [0.4, 0.5) is 0 Å². The summed E-state index contributed by atoms with van der Waals surface area (Å²) >= 11 is 0. The second-order valence-electron chi connectivity index (χ2n) is 3.88. The fraction of sp³-hybridized carbons (Fsp3) is 0.750. The Bertz CT molecular complexity index is 204. The Morgan fingerprint density at radius 2 is 1.88 bits per heavy atom. The van der Waals surface area contributed by atoms with E-state index in [1.54, 1.807) is 6.92 Å². The summed E-state index contributed by atoms with van der Waals surface area (Å²) < 4.78 is 10.3. The van der Waals surface area contributed by atoms with Gasteiger partial charge in [0.1, 0.15) is 0 Å². The summed E-state index contributed by atoms with van der Waals surface area (Å²) in [6.07, 6.45) is 2.19. The molecule has 0 radical (unpaired) electrons. The monoisotopic (exact) mass is 244 g/mol. The number of carbonyl (C=O) groups excluding carboxylic acids is 1. The minimum Gasteiger partial charge on any atom is -0.462 e. The summed E-state index contributed by atoms with van der Waals surface area (Å²) in [5.41, 5.74) is 0.481. The first kappa shape index (κ1) is 15.4. The van der Waals surface area contributed by atoms with Gasteiger partial charge in [0.15, 0.2) is 0 Å². The third kappa shape index (κ3) is 9.92. The molecule has 0 fully saturated rings. The van der Waals surface area contributed by atoms with E-state index in [-0.39, 0.29) is 15.5 Å². The largest absolute Gasteiger partial charge is 0.462 e. The van der Waals surface area contributed by atoms with E-state index in [0.29, 0.717) is 12.2 Å². The van der Waals surface area contributed by atoms with Crippen molar-refractivity contribution in [2.24, 2.45) is 0 Å². The molecule has 0 spiro atoms. The molecule has 0 aliphatic heterocycles. The molecular weight excluding hydrogens is 220 g/mol. The van der Waals surface area contributed by atoms with Gasteiger partial charge in [-0.3, -0.25) is 0 Å². The average Bonchev–Trinajstić information content (AvgIpc) is 2.26. The van der Waals surface area contributed by atoms with E-state index in [9.17, 15) is 4.79 Å². The Hall–Kier alpha value is -0.613. The smallest absolute Gasteiger partial charge is 0.333 e. The SMILES string of the molecule is C=C(C)C(=O)OCCC[SiH2]CCCOCC. The lowest BCUT2D eigenvalue weighted by Crippen LogP contribution is -2.06. The highest BCUT2D eigenvalue weighted by atomic mass is 28.2. The maximum Gasteiger partial charge on any atom is 0.333 e. The molecule has 94 valence electrons. The molecule has 0 aromatic heterocycles. The van der Waals surface area contributed by atoms with Crippen molar-refractivity contribution >= 4 is 15.5 Å². The van der Waals surface area contributed by atoms with Crippen LogP contribution in [0.2, 0.25) is 12.1 Å². The summed E-state index contributed by atoms with van der Waals surface area (Å²) in [7, 11) is 0.0254. The Labute approximate surface area is 101 Å². The molecule has 16 heavy (non-hydrogen) atoms. The molecule has 0 unspecified atom stereocenters. The van der Waals surface area contributed by atoms with Crippen molar-refractivity contribution in [2.75, 3.05) is 19.8 Å². The first-order chi connectivity index (χ1) is 7.68. The molecule has 3 nitrogen and oxygen atoms in total. The van der Waals surface area contributed by atoms with E-state index in [1.165, 1.54) is 18.5 Å². The summed E-state index contributed by atoms with van der Waals surface area (Å²) in [4.78, 5) is 11.0. The van der Waals surface area contributed by atoms with Gasteiger partial charge in [-0.1, -0.05) is 18.7 Å². The maximum atomic E-state index is 11.0. The lowest BCUT2D eigenvalue weighted by Gasteiger charge is -2.04. The minimum absolute atomic E-state index is 0.0254. The average molecular weight is 244 g/mol. The maximum absolute atomic E-state index is 11.0. The molecule has 0 aromatic carbocycles. The van der Waals surface area contributed by atoms with Crippen molar-refractivity contribution in [1.82, 2.24) is 0 Å². The van der Waals surface area contributed by atoms with Crippen LogP contribution < -0.4 is 0 Å². The van der Waals surface area contributed by atoms with Crippen LogP contribution >= 0.6 is 0 Å². The van der Waals surface area contributed by atoms with Crippen molar-refractivity contribution in [3.05, 3.63) is 12.2 Å². The number of hydrogen-bond donors (Lipinski definition) is 0. The number of esters is 1. The first-order valence-electron chi connectivity index (χ1n) is 6.08. The second-order valence-corrected chi connectivity index (χ2v) is 6.00. The van der Waals surface area contributed by atoms with Crippen molar-refractivity contribution in [2.45, 2.75) is 38.8 Å². The molecular formula is C12H24O3Si. The van der Waals surface area contributed by atoms with Crippen LogP contribution in [0.1, 0.15) is 26.7 Å². The zero-order valence-corrected chi connectivity index (χ0v) is 12.0. The van der Waals surface area contributed by atoms with Crippen LogP contribution in [0.5, 0.6) is 0 Å². The van der Waals surface area contributed by atoms with Gasteiger partial charge in [-0.15, -0.1) is 0 Å². The zero-order valence-electron chi connectivity index (χ0n) is 10.6. The number of carbonyl (C=O) groups is 1. The molecule has 0 rings (SSSR count). The van der Waals surface area contributed by atoms with Gasteiger partial charge >= 0.3 is 5.97 Å². The van der Waals surface area contributed by atoms with Crippen LogP contribution in [0.3, 0.4) is 0 Å². The van der Waals surface area contributed by atoms with Crippen molar-refractivity contribution < 1.29 is 14.3 Å². The summed E-state index contributed by atoms with van der Waals surface area (Å²) in [6.45, 7) is 9.49. The molecule has 0 aliphatic carbocycles. The Kier molecular flexibility index (Phi) is 10.5. The third-order valence-corrected chi connectivity index (χ3v) is 4.22. The van der Waals surface area contributed by atoms with Crippen molar-refractivity contribution in [3.8, 4) is 0 Å². The molecule has 0 bridgehead atoms. The fourth-order valence-electron chi connectivity index (χ4n) is 1.27. The van der Waals surface area contributed by atoms with Crippen LogP contribution in [-0.2, 0) is 14.3 Å². The van der Waals surface area contributed by atoms with Gasteiger partial charge in [-0.25, -0.2) is 4.79 Å². The van der Waals surface area contributed by atoms with Gasteiger partial charge in [0, 0.05) is 28.3 Å². The highest BCUT2D eigenvalue weighted by molar-refractivity contribution is 6.35. The van der Waals surface area contributed by atoms with E-state index in [4.69, 9.17) is 9.47 Å². The van der Waals surface area contributed by atoms with E-state index in [1.807, 2.05) is 6.92 Å². The number of hydrogen-bond acceptors (Lipinski definition) is 3. The van der Waals surface area contributed by atoms with E-state index in [0.717, 1.165) is 19.6 Å². The number of ether oxygens (including phenoxy) is 2. The Balaban J connectivity index is 3.10. The van der Waals surface area contributed by atoms with Gasteiger partial charge in [0.2, 0.25) is 0 Å². The molecule has 0 saturated carbocycles. The molecule has 4 heteroatoms. The summed E-state index contributed by atoms with van der Waals surface area (Å²) in [6, 6.07) is 2.57. The van der Waals surface area contributed by atoms with Crippen molar-refractivity contribution in [1.29, 1.82) is 0 Å². The normalized spacial score (nSPS) is 10.9. The highest BCUT2D eigenvalue weighted by Gasteiger charge is 2.01.